The Labute approximate surface area is 150 Å². The fourth-order valence-electron chi connectivity index (χ4n) is 2.95. The molecule has 3 rings (SSSR count). The van der Waals surface area contributed by atoms with E-state index < -0.39 is 0 Å². The number of thiophene rings is 1. The molecular weight excluding hydrogens is 334 g/mol. The second kappa shape index (κ2) is 7.51. The van der Waals surface area contributed by atoms with Gasteiger partial charge in [0.05, 0.1) is 12.7 Å². The van der Waals surface area contributed by atoms with Crippen molar-refractivity contribution in [3.63, 3.8) is 0 Å². The van der Waals surface area contributed by atoms with Crippen LogP contribution in [-0.2, 0) is 17.8 Å². The lowest BCUT2D eigenvalue weighted by Crippen LogP contribution is -2.22. The van der Waals surface area contributed by atoms with E-state index in [-0.39, 0.29) is 5.91 Å². The smallest absolute Gasteiger partial charge is 0.249 e. The lowest BCUT2D eigenvalue weighted by molar-refractivity contribution is -0.111. The first-order valence-electron chi connectivity index (χ1n) is 8.02. The number of anilines is 1. The average molecular weight is 353 g/mol. The number of ether oxygens (including phenoxy) is 1. The standard InChI is InChI=1S/C19H19N3O2S/c1-12-4-3-5-13(18(12)24-2)6-7-17(23)22-19-15(10-20)14-8-9-21-11-16(14)25-19/h3-7,21H,8-9,11H2,1-2H3,(H,22,23)/b7-6-. The molecule has 1 amide bonds. The van der Waals surface area contributed by atoms with E-state index in [0.29, 0.717) is 10.6 Å². The van der Waals surface area contributed by atoms with Crippen LogP contribution in [0.2, 0.25) is 0 Å². The maximum atomic E-state index is 12.3. The summed E-state index contributed by atoms with van der Waals surface area (Å²) in [6.45, 7) is 3.57. The third kappa shape index (κ3) is 3.58. The van der Waals surface area contributed by atoms with Gasteiger partial charge in [0.2, 0.25) is 5.91 Å². The first kappa shape index (κ1) is 17.2. The fraction of sp³-hybridized carbons (Fsp3) is 0.263. The quantitative estimate of drug-likeness (QED) is 0.828. The number of hydrogen-bond donors (Lipinski definition) is 2. The number of aryl methyl sites for hydroxylation is 1. The third-order valence-electron chi connectivity index (χ3n) is 4.14. The molecule has 1 aromatic heterocycles. The number of hydrogen-bond acceptors (Lipinski definition) is 5. The van der Waals surface area contributed by atoms with Gasteiger partial charge in [0.25, 0.3) is 0 Å². The Hall–Kier alpha value is -2.62. The highest BCUT2D eigenvalue weighted by atomic mass is 32.1. The Bertz CT molecular complexity index is 878. The largest absolute Gasteiger partial charge is 0.496 e. The van der Waals surface area contributed by atoms with Crippen LogP contribution < -0.4 is 15.4 Å². The second-order valence-corrected chi connectivity index (χ2v) is 6.87. The molecule has 2 aromatic rings. The predicted octanol–water partition coefficient (Wildman–Crippen LogP) is 3.23. The molecule has 25 heavy (non-hydrogen) atoms. The van der Waals surface area contributed by atoms with Crippen LogP contribution in [0, 0.1) is 18.3 Å². The summed E-state index contributed by atoms with van der Waals surface area (Å²) in [5, 5.41) is 16.2. The normalized spacial score (nSPS) is 13.3. The van der Waals surface area contributed by atoms with Gasteiger partial charge in [-0.2, -0.15) is 5.26 Å². The summed E-state index contributed by atoms with van der Waals surface area (Å²) in [6, 6.07) is 8.01. The number of carbonyl (C=O) groups excluding carboxylic acids is 1. The highest BCUT2D eigenvalue weighted by Gasteiger charge is 2.21. The van der Waals surface area contributed by atoms with E-state index in [4.69, 9.17) is 4.74 Å². The summed E-state index contributed by atoms with van der Waals surface area (Å²) in [5.41, 5.74) is 3.50. The molecule has 128 valence electrons. The molecule has 6 heteroatoms. The Morgan fingerprint density at radius 3 is 3.08 bits per heavy atom. The molecule has 0 atom stereocenters. The molecular formula is C19H19N3O2S. The van der Waals surface area contributed by atoms with Crippen LogP contribution in [-0.4, -0.2) is 19.6 Å². The lowest BCUT2D eigenvalue weighted by atomic mass is 10.1. The van der Waals surface area contributed by atoms with Gasteiger partial charge in [0, 0.05) is 23.1 Å². The Balaban J connectivity index is 1.79. The summed E-state index contributed by atoms with van der Waals surface area (Å²) in [5.74, 6) is 0.494. The van der Waals surface area contributed by atoms with Crippen molar-refractivity contribution in [3.05, 3.63) is 51.4 Å². The Morgan fingerprint density at radius 1 is 1.48 bits per heavy atom. The summed E-state index contributed by atoms with van der Waals surface area (Å²) >= 11 is 1.47. The number of carbonyl (C=O) groups is 1. The van der Waals surface area contributed by atoms with Crippen molar-refractivity contribution in [2.75, 3.05) is 19.0 Å². The van der Waals surface area contributed by atoms with Gasteiger partial charge in [-0.3, -0.25) is 4.79 Å². The molecule has 1 aliphatic rings. The molecule has 0 radical (unpaired) electrons. The van der Waals surface area contributed by atoms with Crippen molar-refractivity contribution in [1.29, 1.82) is 5.26 Å². The molecule has 0 saturated heterocycles. The van der Waals surface area contributed by atoms with Crippen molar-refractivity contribution in [1.82, 2.24) is 5.32 Å². The first-order valence-corrected chi connectivity index (χ1v) is 8.83. The molecule has 0 aliphatic carbocycles. The number of benzene rings is 1. The van der Waals surface area contributed by atoms with Crippen LogP contribution in [0.25, 0.3) is 6.08 Å². The SMILES string of the molecule is COc1c(C)cccc1/C=C\C(=O)Nc1sc2c(c1C#N)CCNC2. The number of nitrogens with one attached hydrogen (secondary N) is 2. The van der Waals surface area contributed by atoms with Gasteiger partial charge >= 0.3 is 0 Å². The predicted molar refractivity (Wildman–Crippen MR) is 99.8 cm³/mol. The monoisotopic (exact) mass is 353 g/mol. The van der Waals surface area contributed by atoms with Crippen LogP contribution in [0.1, 0.15) is 27.1 Å². The van der Waals surface area contributed by atoms with Crippen molar-refractivity contribution in [2.45, 2.75) is 19.9 Å². The van der Waals surface area contributed by atoms with Gasteiger partial charge in [0.1, 0.15) is 16.8 Å². The number of nitrogens with zero attached hydrogens (tertiary/aromatic N) is 1. The van der Waals surface area contributed by atoms with Gasteiger partial charge in [-0.1, -0.05) is 18.2 Å². The number of amides is 1. The van der Waals surface area contributed by atoms with E-state index in [9.17, 15) is 10.1 Å². The maximum absolute atomic E-state index is 12.3. The molecule has 0 unspecified atom stereocenters. The number of methoxy groups -OCH3 is 1. The van der Waals surface area contributed by atoms with E-state index >= 15 is 0 Å². The van der Waals surface area contributed by atoms with Gasteiger partial charge in [0.15, 0.2) is 0 Å². The lowest BCUT2D eigenvalue weighted by Gasteiger charge is -2.11. The van der Waals surface area contributed by atoms with Crippen molar-refractivity contribution >= 4 is 28.3 Å². The topological polar surface area (TPSA) is 74.1 Å². The van der Waals surface area contributed by atoms with E-state index in [1.807, 2.05) is 25.1 Å². The third-order valence-corrected chi connectivity index (χ3v) is 5.28. The van der Waals surface area contributed by atoms with Crippen LogP contribution in [0.4, 0.5) is 5.00 Å². The first-order chi connectivity index (χ1) is 12.1. The van der Waals surface area contributed by atoms with Gasteiger partial charge in [-0.25, -0.2) is 0 Å². The van der Waals surface area contributed by atoms with Gasteiger partial charge < -0.3 is 15.4 Å². The number of rotatable bonds is 4. The van der Waals surface area contributed by atoms with Crippen LogP contribution in [0.3, 0.4) is 0 Å². The van der Waals surface area contributed by atoms with E-state index in [0.717, 1.165) is 46.8 Å². The molecule has 1 aliphatic heterocycles. The van der Waals surface area contributed by atoms with E-state index in [1.165, 1.54) is 17.4 Å². The van der Waals surface area contributed by atoms with Gasteiger partial charge in [-0.05, 0) is 37.1 Å². The molecule has 0 saturated carbocycles. The van der Waals surface area contributed by atoms with Crippen molar-refractivity contribution in [2.24, 2.45) is 0 Å². The zero-order valence-electron chi connectivity index (χ0n) is 14.2. The van der Waals surface area contributed by atoms with Crippen molar-refractivity contribution in [3.8, 4) is 11.8 Å². The van der Waals surface area contributed by atoms with Crippen molar-refractivity contribution < 1.29 is 9.53 Å². The molecule has 2 N–H and O–H groups in total. The second-order valence-electron chi connectivity index (χ2n) is 5.77. The molecule has 5 nitrogen and oxygen atoms in total. The van der Waals surface area contributed by atoms with Gasteiger partial charge in [-0.15, -0.1) is 11.3 Å². The summed E-state index contributed by atoms with van der Waals surface area (Å²) in [7, 11) is 1.61. The minimum atomic E-state index is -0.258. The fourth-order valence-corrected chi connectivity index (χ4v) is 4.12. The molecule has 0 spiro atoms. The summed E-state index contributed by atoms with van der Waals surface area (Å²) in [4.78, 5) is 13.4. The number of para-hydroxylation sites is 1. The Morgan fingerprint density at radius 2 is 2.32 bits per heavy atom. The number of fused-ring (bicyclic) bond motifs is 1. The maximum Gasteiger partial charge on any atom is 0.249 e. The average Bonchev–Trinajstić information content (AvgIpc) is 2.96. The molecule has 1 aromatic carbocycles. The summed E-state index contributed by atoms with van der Waals surface area (Å²) in [6.07, 6.45) is 4.01. The van der Waals surface area contributed by atoms with Crippen LogP contribution in [0.15, 0.2) is 24.3 Å². The number of nitriles is 1. The van der Waals surface area contributed by atoms with Crippen LogP contribution >= 0.6 is 11.3 Å². The molecule has 0 bridgehead atoms. The zero-order chi connectivity index (χ0) is 17.8. The minimum absolute atomic E-state index is 0.258. The van der Waals surface area contributed by atoms with E-state index in [1.54, 1.807) is 13.2 Å². The molecule has 0 fully saturated rings. The Kier molecular flexibility index (Phi) is 5.17. The van der Waals surface area contributed by atoms with E-state index in [2.05, 4.69) is 16.7 Å². The zero-order valence-corrected chi connectivity index (χ0v) is 15.0. The minimum Gasteiger partial charge on any atom is -0.496 e. The van der Waals surface area contributed by atoms with Crippen LogP contribution in [0.5, 0.6) is 5.75 Å². The highest BCUT2D eigenvalue weighted by molar-refractivity contribution is 7.16. The highest BCUT2D eigenvalue weighted by Crippen LogP contribution is 2.34. The molecule has 2 heterocycles. The summed E-state index contributed by atoms with van der Waals surface area (Å²) < 4.78 is 5.39.